The fraction of sp³-hybridized carbons (Fsp3) is 0.938. The van der Waals surface area contributed by atoms with E-state index in [2.05, 4.69) is 24.1 Å². The second-order valence-electron chi connectivity index (χ2n) is 6.61. The lowest BCUT2D eigenvalue weighted by atomic mass is 10.00. The second kappa shape index (κ2) is 8.11. The minimum Gasteiger partial charge on any atom is -0.396 e. The summed E-state index contributed by atoms with van der Waals surface area (Å²) in [5, 5.41) is 12.3. The first-order valence-corrected chi connectivity index (χ1v) is 8.38. The molecule has 0 saturated carbocycles. The summed E-state index contributed by atoms with van der Waals surface area (Å²) in [4.78, 5) is 15.0. The molecule has 2 heterocycles. The molecule has 0 spiro atoms. The molecule has 2 aliphatic heterocycles. The van der Waals surface area contributed by atoms with Gasteiger partial charge in [0, 0.05) is 31.9 Å². The quantitative estimate of drug-likeness (QED) is 0.772. The van der Waals surface area contributed by atoms with E-state index >= 15 is 0 Å². The zero-order chi connectivity index (χ0) is 15.2. The van der Waals surface area contributed by atoms with Crippen LogP contribution in [0.2, 0.25) is 0 Å². The standard InChI is InChI=1S/C16H30N2O3/c1-12(2)14(5-9-19)17-16(20)15-4-3-8-18(15)13-6-10-21-11-7-13/h12-15,19H,3-11H2,1-2H3,(H,17,20). The van der Waals surface area contributed by atoms with Crippen molar-refractivity contribution in [3.8, 4) is 0 Å². The number of amides is 1. The molecule has 5 nitrogen and oxygen atoms in total. The Bertz CT molecular complexity index is 329. The van der Waals surface area contributed by atoms with Gasteiger partial charge in [-0.1, -0.05) is 13.8 Å². The number of hydrogen-bond acceptors (Lipinski definition) is 4. The van der Waals surface area contributed by atoms with Crippen LogP contribution in [-0.2, 0) is 9.53 Å². The molecule has 5 heteroatoms. The van der Waals surface area contributed by atoms with Gasteiger partial charge < -0.3 is 15.2 Å². The van der Waals surface area contributed by atoms with E-state index in [0.717, 1.165) is 45.4 Å². The van der Waals surface area contributed by atoms with Crippen LogP contribution in [-0.4, -0.2) is 60.4 Å². The van der Waals surface area contributed by atoms with Gasteiger partial charge in [0.05, 0.1) is 6.04 Å². The third-order valence-corrected chi connectivity index (χ3v) is 4.83. The summed E-state index contributed by atoms with van der Waals surface area (Å²) < 4.78 is 5.43. The Morgan fingerprint density at radius 1 is 1.33 bits per heavy atom. The number of rotatable bonds is 6. The molecular formula is C16H30N2O3. The van der Waals surface area contributed by atoms with Crippen molar-refractivity contribution in [1.82, 2.24) is 10.2 Å². The van der Waals surface area contributed by atoms with Crippen molar-refractivity contribution in [3.05, 3.63) is 0 Å². The van der Waals surface area contributed by atoms with Crippen LogP contribution in [0.4, 0.5) is 0 Å². The van der Waals surface area contributed by atoms with E-state index in [9.17, 15) is 4.79 Å². The van der Waals surface area contributed by atoms with Crippen LogP contribution in [0.5, 0.6) is 0 Å². The average molecular weight is 298 g/mol. The minimum absolute atomic E-state index is 0.00745. The molecule has 2 atom stereocenters. The first-order valence-electron chi connectivity index (χ1n) is 8.38. The number of carbonyl (C=O) groups excluding carboxylic acids is 1. The summed E-state index contributed by atoms with van der Waals surface area (Å²) in [7, 11) is 0. The van der Waals surface area contributed by atoms with Crippen molar-refractivity contribution < 1.29 is 14.6 Å². The lowest BCUT2D eigenvalue weighted by molar-refractivity contribution is -0.128. The summed E-state index contributed by atoms with van der Waals surface area (Å²) in [6.45, 7) is 6.95. The lowest BCUT2D eigenvalue weighted by Crippen LogP contribution is -2.52. The molecular weight excluding hydrogens is 268 g/mol. The third-order valence-electron chi connectivity index (χ3n) is 4.83. The van der Waals surface area contributed by atoms with E-state index in [1.54, 1.807) is 0 Å². The highest BCUT2D eigenvalue weighted by atomic mass is 16.5. The number of nitrogens with one attached hydrogen (secondary N) is 1. The number of aliphatic hydroxyl groups is 1. The van der Waals surface area contributed by atoms with Crippen molar-refractivity contribution in [2.75, 3.05) is 26.4 Å². The number of likely N-dealkylation sites (tertiary alicyclic amines) is 1. The van der Waals surface area contributed by atoms with Gasteiger partial charge in [0.2, 0.25) is 5.91 Å². The van der Waals surface area contributed by atoms with Gasteiger partial charge in [-0.3, -0.25) is 9.69 Å². The number of hydrogen-bond donors (Lipinski definition) is 2. The van der Waals surface area contributed by atoms with Crippen LogP contribution in [0, 0.1) is 5.92 Å². The number of nitrogens with zero attached hydrogens (tertiary/aromatic N) is 1. The van der Waals surface area contributed by atoms with Gasteiger partial charge in [0.1, 0.15) is 0 Å². The molecule has 2 fully saturated rings. The molecule has 2 unspecified atom stereocenters. The van der Waals surface area contributed by atoms with Gasteiger partial charge in [0.25, 0.3) is 0 Å². The maximum absolute atomic E-state index is 12.6. The van der Waals surface area contributed by atoms with E-state index in [1.807, 2.05) is 0 Å². The predicted molar refractivity (Wildman–Crippen MR) is 82.0 cm³/mol. The Morgan fingerprint density at radius 3 is 2.67 bits per heavy atom. The zero-order valence-electron chi connectivity index (χ0n) is 13.4. The minimum atomic E-state index is 0.00745. The smallest absolute Gasteiger partial charge is 0.237 e. The fourth-order valence-corrected chi connectivity index (χ4v) is 3.51. The number of aliphatic hydroxyl groups excluding tert-OH is 1. The van der Waals surface area contributed by atoms with Gasteiger partial charge >= 0.3 is 0 Å². The fourth-order valence-electron chi connectivity index (χ4n) is 3.51. The van der Waals surface area contributed by atoms with Crippen LogP contribution < -0.4 is 5.32 Å². The molecule has 1 amide bonds. The Morgan fingerprint density at radius 2 is 2.05 bits per heavy atom. The van der Waals surface area contributed by atoms with Gasteiger partial charge in [-0.05, 0) is 44.6 Å². The summed E-state index contributed by atoms with van der Waals surface area (Å²) in [6.07, 6.45) is 4.75. The molecule has 0 bridgehead atoms. The van der Waals surface area contributed by atoms with Gasteiger partial charge in [-0.25, -0.2) is 0 Å². The van der Waals surface area contributed by atoms with Crippen molar-refractivity contribution in [2.24, 2.45) is 5.92 Å². The third kappa shape index (κ3) is 4.41. The molecule has 2 rings (SSSR count). The maximum Gasteiger partial charge on any atom is 0.237 e. The average Bonchev–Trinajstić information content (AvgIpc) is 2.97. The molecule has 0 radical (unpaired) electrons. The van der Waals surface area contributed by atoms with Crippen molar-refractivity contribution in [1.29, 1.82) is 0 Å². The van der Waals surface area contributed by atoms with Crippen LogP contribution >= 0.6 is 0 Å². The van der Waals surface area contributed by atoms with E-state index in [0.29, 0.717) is 18.4 Å². The SMILES string of the molecule is CC(C)C(CCO)NC(=O)C1CCCN1C1CCOCC1. The molecule has 122 valence electrons. The van der Waals surface area contributed by atoms with Crippen molar-refractivity contribution in [3.63, 3.8) is 0 Å². The van der Waals surface area contributed by atoms with E-state index in [-0.39, 0.29) is 24.6 Å². The van der Waals surface area contributed by atoms with Crippen LogP contribution in [0.25, 0.3) is 0 Å². The molecule has 2 saturated heterocycles. The number of carbonyl (C=O) groups is 1. The maximum atomic E-state index is 12.6. The van der Waals surface area contributed by atoms with E-state index in [4.69, 9.17) is 9.84 Å². The van der Waals surface area contributed by atoms with Crippen LogP contribution in [0.15, 0.2) is 0 Å². The number of ether oxygens (including phenoxy) is 1. The first kappa shape index (κ1) is 16.7. The van der Waals surface area contributed by atoms with Gasteiger partial charge in [0.15, 0.2) is 0 Å². The molecule has 0 aliphatic carbocycles. The Hall–Kier alpha value is -0.650. The van der Waals surface area contributed by atoms with E-state index in [1.165, 1.54) is 0 Å². The Balaban J connectivity index is 1.93. The van der Waals surface area contributed by atoms with Gasteiger partial charge in [-0.15, -0.1) is 0 Å². The highest BCUT2D eigenvalue weighted by Gasteiger charge is 2.36. The molecule has 2 aliphatic rings. The highest BCUT2D eigenvalue weighted by molar-refractivity contribution is 5.82. The van der Waals surface area contributed by atoms with Gasteiger partial charge in [-0.2, -0.15) is 0 Å². The summed E-state index contributed by atoms with van der Waals surface area (Å²) in [5.41, 5.74) is 0. The lowest BCUT2D eigenvalue weighted by Gasteiger charge is -2.35. The van der Waals surface area contributed by atoms with Crippen LogP contribution in [0.1, 0.15) is 46.0 Å². The molecule has 2 N–H and O–H groups in total. The summed E-state index contributed by atoms with van der Waals surface area (Å²) in [5.74, 6) is 0.491. The Kier molecular flexibility index (Phi) is 6.45. The highest BCUT2D eigenvalue weighted by Crippen LogP contribution is 2.25. The van der Waals surface area contributed by atoms with Crippen molar-refractivity contribution in [2.45, 2.75) is 64.1 Å². The Labute approximate surface area is 128 Å². The molecule has 0 aromatic heterocycles. The predicted octanol–water partition coefficient (Wildman–Crippen LogP) is 1.15. The normalized spacial score (nSPS) is 26.2. The largest absolute Gasteiger partial charge is 0.396 e. The molecule has 21 heavy (non-hydrogen) atoms. The topological polar surface area (TPSA) is 61.8 Å². The van der Waals surface area contributed by atoms with Crippen LogP contribution in [0.3, 0.4) is 0 Å². The summed E-state index contributed by atoms with van der Waals surface area (Å²) >= 11 is 0. The zero-order valence-corrected chi connectivity index (χ0v) is 13.4. The monoisotopic (exact) mass is 298 g/mol. The molecule has 0 aromatic rings. The van der Waals surface area contributed by atoms with E-state index < -0.39 is 0 Å². The molecule has 0 aromatic carbocycles. The van der Waals surface area contributed by atoms with Crippen molar-refractivity contribution >= 4 is 5.91 Å². The second-order valence-corrected chi connectivity index (χ2v) is 6.61. The summed E-state index contributed by atoms with van der Waals surface area (Å²) in [6, 6.07) is 0.569. The first-order chi connectivity index (χ1) is 10.1.